The Kier molecular flexibility index (Phi) is 6.10. The average molecular weight is 431 g/mol. The van der Waals surface area contributed by atoms with E-state index >= 15 is 0 Å². The monoisotopic (exact) mass is 430 g/mol. The molecule has 0 spiro atoms. The van der Waals surface area contributed by atoms with Gasteiger partial charge in [0.25, 0.3) is 15.9 Å². The van der Waals surface area contributed by atoms with Gasteiger partial charge in [0.15, 0.2) is 0 Å². The molecule has 29 heavy (non-hydrogen) atoms. The van der Waals surface area contributed by atoms with Crippen LogP contribution in [0.15, 0.2) is 71.6 Å². The predicted octanol–water partition coefficient (Wildman–Crippen LogP) is 4.71. The van der Waals surface area contributed by atoms with Crippen LogP contribution in [-0.4, -0.2) is 21.4 Å². The smallest absolute Gasteiger partial charge is 0.261 e. The summed E-state index contributed by atoms with van der Waals surface area (Å²) in [7, 11) is -2.26. The van der Waals surface area contributed by atoms with Crippen LogP contribution in [0.25, 0.3) is 0 Å². The quantitative estimate of drug-likeness (QED) is 0.593. The fourth-order valence-corrected chi connectivity index (χ4v) is 4.14. The Labute approximate surface area is 174 Å². The minimum Gasteiger partial charge on any atom is -0.495 e. The van der Waals surface area contributed by atoms with Gasteiger partial charge in [0.1, 0.15) is 5.75 Å². The van der Waals surface area contributed by atoms with E-state index in [0.29, 0.717) is 33.3 Å². The Morgan fingerprint density at radius 2 is 1.72 bits per heavy atom. The van der Waals surface area contributed by atoms with Crippen molar-refractivity contribution in [2.45, 2.75) is 11.8 Å². The number of nitrogens with one attached hydrogen (secondary N) is 2. The summed E-state index contributed by atoms with van der Waals surface area (Å²) in [5.41, 5.74) is 1.67. The first-order valence-electron chi connectivity index (χ1n) is 8.64. The molecule has 3 aromatic carbocycles. The maximum Gasteiger partial charge on any atom is 0.261 e. The molecule has 3 rings (SSSR count). The van der Waals surface area contributed by atoms with Gasteiger partial charge in [-0.1, -0.05) is 35.9 Å². The number of sulfonamides is 1. The lowest BCUT2D eigenvalue weighted by Crippen LogP contribution is -2.17. The van der Waals surface area contributed by atoms with Crippen molar-refractivity contribution in [2.24, 2.45) is 0 Å². The van der Waals surface area contributed by atoms with Crippen LogP contribution < -0.4 is 14.8 Å². The van der Waals surface area contributed by atoms with Gasteiger partial charge in [-0.2, -0.15) is 0 Å². The first-order chi connectivity index (χ1) is 13.8. The lowest BCUT2D eigenvalue weighted by atomic mass is 10.1. The molecule has 0 radical (unpaired) electrons. The minimum absolute atomic E-state index is 0.141. The predicted molar refractivity (Wildman–Crippen MR) is 114 cm³/mol. The molecule has 0 aliphatic rings. The maximum absolute atomic E-state index is 12.7. The zero-order valence-corrected chi connectivity index (χ0v) is 17.3. The number of benzene rings is 3. The maximum atomic E-state index is 12.7. The fourth-order valence-electron chi connectivity index (χ4n) is 2.74. The molecule has 0 atom stereocenters. The third-order valence-electron chi connectivity index (χ3n) is 4.29. The van der Waals surface area contributed by atoms with Crippen molar-refractivity contribution in [3.05, 3.63) is 82.9 Å². The third-order valence-corrected chi connectivity index (χ3v) is 5.96. The van der Waals surface area contributed by atoms with Crippen LogP contribution in [0.4, 0.5) is 11.4 Å². The highest BCUT2D eigenvalue weighted by atomic mass is 35.5. The van der Waals surface area contributed by atoms with Crippen molar-refractivity contribution < 1.29 is 17.9 Å². The Balaban J connectivity index is 1.85. The summed E-state index contributed by atoms with van der Waals surface area (Å²) < 4.78 is 32.8. The summed E-state index contributed by atoms with van der Waals surface area (Å²) in [4.78, 5) is 12.9. The van der Waals surface area contributed by atoms with Gasteiger partial charge in [-0.25, -0.2) is 8.42 Å². The Morgan fingerprint density at radius 1 is 1.00 bits per heavy atom. The van der Waals surface area contributed by atoms with E-state index in [0.717, 1.165) is 0 Å². The second kappa shape index (κ2) is 8.55. The first-order valence-corrected chi connectivity index (χ1v) is 10.5. The zero-order valence-electron chi connectivity index (χ0n) is 15.8. The largest absolute Gasteiger partial charge is 0.495 e. The molecule has 0 saturated heterocycles. The highest BCUT2D eigenvalue weighted by Crippen LogP contribution is 2.28. The van der Waals surface area contributed by atoms with E-state index in [-0.39, 0.29) is 10.8 Å². The van der Waals surface area contributed by atoms with E-state index in [1.165, 1.54) is 19.2 Å². The molecule has 8 heteroatoms. The Hall–Kier alpha value is -3.03. The number of hydrogen-bond acceptors (Lipinski definition) is 4. The minimum atomic E-state index is -3.76. The van der Waals surface area contributed by atoms with E-state index in [1.807, 2.05) is 0 Å². The van der Waals surface area contributed by atoms with Crippen molar-refractivity contribution in [1.29, 1.82) is 0 Å². The molecular formula is C21H19ClN2O4S. The normalized spacial score (nSPS) is 11.0. The van der Waals surface area contributed by atoms with Gasteiger partial charge in [-0.15, -0.1) is 0 Å². The molecular weight excluding hydrogens is 412 g/mol. The van der Waals surface area contributed by atoms with Crippen LogP contribution in [-0.2, 0) is 10.0 Å². The molecule has 0 fully saturated rings. The van der Waals surface area contributed by atoms with Crippen molar-refractivity contribution in [1.82, 2.24) is 0 Å². The second-order valence-electron chi connectivity index (χ2n) is 6.20. The van der Waals surface area contributed by atoms with Crippen molar-refractivity contribution >= 4 is 38.9 Å². The molecule has 150 valence electrons. The number of amides is 1. The lowest BCUT2D eigenvalue weighted by Gasteiger charge is -2.14. The molecule has 6 nitrogen and oxygen atoms in total. The molecule has 0 heterocycles. The van der Waals surface area contributed by atoms with Gasteiger partial charge >= 0.3 is 0 Å². The van der Waals surface area contributed by atoms with E-state index in [9.17, 15) is 13.2 Å². The van der Waals surface area contributed by atoms with Crippen molar-refractivity contribution in [3.63, 3.8) is 0 Å². The standard InChI is InChI=1S/C21H19ClN2O4S/c1-14-17(21(25)23-15-11-12-20(28-2)18(22)13-15)9-6-10-19(14)24-29(26,27)16-7-4-3-5-8-16/h3-13,24H,1-2H3,(H,23,25). The second-order valence-corrected chi connectivity index (χ2v) is 8.29. The van der Waals surface area contributed by atoms with Crippen LogP contribution in [0.1, 0.15) is 15.9 Å². The third kappa shape index (κ3) is 4.70. The SMILES string of the molecule is COc1ccc(NC(=O)c2cccc(NS(=O)(=O)c3ccccc3)c2C)cc1Cl. The number of hydrogen-bond donors (Lipinski definition) is 2. The molecule has 0 aromatic heterocycles. The number of anilines is 2. The Morgan fingerprint density at radius 3 is 2.38 bits per heavy atom. The summed E-state index contributed by atoms with van der Waals surface area (Å²) in [6.07, 6.45) is 0. The van der Waals surface area contributed by atoms with Crippen LogP contribution >= 0.6 is 11.6 Å². The molecule has 0 aliphatic heterocycles. The number of methoxy groups -OCH3 is 1. The summed E-state index contributed by atoms with van der Waals surface area (Å²) in [6, 6.07) is 17.8. The molecule has 0 aliphatic carbocycles. The highest BCUT2D eigenvalue weighted by molar-refractivity contribution is 7.92. The molecule has 3 aromatic rings. The number of halogens is 1. The summed E-state index contributed by atoms with van der Waals surface area (Å²) in [5, 5.41) is 3.12. The molecule has 2 N–H and O–H groups in total. The zero-order chi connectivity index (χ0) is 21.0. The van der Waals surface area contributed by atoms with Gasteiger partial charge in [-0.05, 0) is 55.0 Å². The van der Waals surface area contributed by atoms with Crippen LogP contribution in [0.5, 0.6) is 5.75 Å². The number of ether oxygens (including phenoxy) is 1. The summed E-state index contributed by atoms with van der Waals surface area (Å²) in [5.74, 6) is 0.114. The lowest BCUT2D eigenvalue weighted by molar-refractivity contribution is 0.102. The first kappa shape index (κ1) is 20.7. The van der Waals surface area contributed by atoms with Gasteiger partial charge in [0, 0.05) is 11.3 Å². The van der Waals surface area contributed by atoms with E-state index < -0.39 is 10.0 Å². The summed E-state index contributed by atoms with van der Waals surface area (Å²) in [6.45, 7) is 1.68. The molecule has 1 amide bonds. The van der Waals surface area contributed by atoms with E-state index in [2.05, 4.69) is 10.0 Å². The topological polar surface area (TPSA) is 84.5 Å². The number of carbonyl (C=O) groups excluding carboxylic acids is 1. The average Bonchev–Trinajstić information content (AvgIpc) is 2.70. The van der Waals surface area contributed by atoms with Gasteiger partial charge in [0.05, 0.1) is 22.7 Å². The highest BCUT2D eigenvalue weighted by Gasteiger charge is 2.18. The van der Waals surface area contributed by atoms with E-state index in [4.69, 9.17) is 16.3 Å². The van der Waals surface area contributed by atoms with Crippen LogP contribution in [0.2, 0.25) is 5.02 Å². The fraction of sp³-hybridized carbons (Fsp3) is 0.0952. The van der Waals surface area contributed by atoms with Gasteiger partial charge in [0.2, 0.25) is 0 Å². The number of rotatable bonds is 6. The van der Waals surface area contributed by atoms with E-state index in [1.54, 1.807) is 61.5 Å². The number of carbonyl (C=O) groups is 1. The van der Waals surface area contributed by atoms with Crippen molar-refractivity contribution in [2.75, 3.05) is 17.1 Å². The van der Waals surface area contributed by atoms with Gasteiger partial charge < -0.3 is 10.1 Å². The van der Waals surface area contributed by atoms with Crippen LogP contribution in [0.3, 0.4) is 0 Å². The van der Waals surface area contributed by atoms with Crippen molar-refractivity contribution in [3.8, 4) is 5.75 Å². The Bertz CT molecular complexity index is 1150. The molecule has 0 unspecified atom stereocenters. The molecule has 0 saturated carbocycles. The summed E-state index contributed by atoms with van der Waals surface area (Å²) >= 11 is 6.09. The molecule has 0 bridgehead atoms. The van der Waals surface area contributed by atoms with Crippen LogP contribution in [0, 0.1) is 6.92 Å². The van der Waals surface area contributed by atoms with Gasteiger partial charge in [-0.3, -0.25) is 9.52 Å².